The summed E-state index contributed by atoms with van der Waals surface area (Å²) in [5.41, 5.74) is 6.47. The SMILES string of the molecule is Nc1nc2ncc(CNc3ccc(C(=O)N[C@@H](CCC(=O)O)C(=O)O)cc3)nc2c(=O)[nH]1.O=S(=O)(O)O. The van der Waals surface area contributed by atoms with E-state index < -0.39 is 39.8 Å². The summed E-state index contributed by atoms with van der Waals surface area (Å²) in [6, 6.07) is 4.86. The Morgan fingerprint density at radius 1 is 1.08 bits per heavy atom. The Hall–Kier alpha value is -4.68. The third kappa shape index (κ3) is 9.84. The molecular formula is C19H21N7O10S. The van der Waals surface area contributed by atoms with Crippen LogP contribution in [-0.2, 0) is 26.5 Å². The van der Waals surface area contributed by atoms with E-state index >= 15 is 0 Å². The smallest absolute Gasteiger partial charge is 0.394 e. The minimum atomic E-state index is -4.67. The second-order valence-electron chi connectivity index (χ2n) is 7.16. The van der Waals surface area contributed by atoms with E-state index in [0.29, 0.717) is 11.4 Å². The van der Waals surface area contributed by atoms with Crippen molar-refractivity contribution in [3.05, 3.63) is 52.1 Å². The van der Waals surface area contributed by atoms with Crippen molar-refractivity contribution in [2.45, 2.75) is 25.4 Å². The molecule has 0 aliphatic carbocycles. The van der Waals surface area contributed by atoms with Crippen LogP contribution in [0.2, 0.25) is 0 Å². The standard InChI is InChI=1S/C19H19N7O6.H2O4S/c20-19-25-15-14(17(30)26-19)23-11(8-22-15)7-21-10-3-1-9(2-4-10)16(29)24-12(18(31)32)5-6-13(27)28;1-5(2,3)4/h1-4,8,12,21H,5-7H2,(H,24,29)(H,27,28)(H,31,32)(H3,20,22,25,26,30);(H2,1,2,3,4)/t12-;/m0./s1. The minimum absolute atomic E-state index is 0.0524. The molecule has 0 bridgehead atoms. The number of aromatic nitrogens is 4. The zero-order valence-electron chi connectivity index (χ0n) is 18.7. The molecule has 0 saturated heterocycles. The van der Waals surface area contributed by atoms with Gasteiger partial charge in [-0.2, -0.15) is 13.4 Å². The molecule has 1 atom stereocenters. The summed E-state index contributed by atoms with van der Waals surface area (Å²) in [6.45, 7) is 0.231. The molecule has 198 valence electrons. The number of hydrogen-bond acceptors (Lipinski definition) is 11. The van der Waals surface area contributed by atoms with Gasteiger partial charge in [0.1, 0.15) is 6.04 Å². The van der Waals surface area contributed by atoms with E-state index in [1.807, 2.05) is 0 Å². The summed E-state index contributed by atoms with van der Waals surface area (Å²) < 4.78 is 31.6. The van der Waals surface area contributed by atoms with Crippen molar-refractivity contribution < 1.29 is 42.1 Å². The first-order chi connectivity index (χ1) is 17.2. The van der Waals surface area contributed by atoms with E-state index in [-0.39, 0.29) is 42.1 Å². The lowest BCUT2D eigenvalue weighted by molar-refractivity contribution is -0.140. The third-order valence-electron chi connectivity index (χ3n) is 4.36. The molecule has 0 radical (unpaired) electrons. The van der Waals surface area contributed by atoms with Crippen LogP contribution in [0.25, 0.3) is 11.2 Å². The number of amides is 1. The quantitative estimate of drug-likeness (QED) is 0.156. The number of fused-ring (bicyclic) bond motifs is 1. The van der Waals surface area contributed by atoms with Gasteiger partial charge < -0.3 is 26.6 Å². The maximum Gasteiger partial charge on any atom is 0.394 e. The fourth-order valence-electron chi connectivity index (χ4n) is 2.75. The van der Waals surface area contributed by atoms with E-state index in [9.17, 15) is 19.2 Å². The van der Waals surface area contributed by atoms with Crippen LogP contribution in [0.15, 0.2) is 35.3 Å². The number of anilines is 2. The van der Waals surface area contributed by atoms with Crippen LogP contribution < -0.4 is 21.9 Å². The van der Waals surface area contributed by atoms with Crippen molar-refractivity contribution in [1.82, 2.24) is 25.3 Å². The monoisotopic (exact) mass is 539 g/mol. The van der Waals surface area contributed by atoms with Gasteiger partial charge in [0, 0.05) is 17.7 Å². The molecule has 3 rings (SSSR count). The summed E-state index contributed by atoms with van der Waals surface area (Å²) in [7, 11) is -4.67. The zero-order valence-corrected chi connectivity index (χ0v) is 19.5. The van der Waals surface area contributed by atoms with Crippen LogP contribution in [0, 0.1) is 0 Å². The minimum Gasteiger partial charge on any atom is -0.481 e. The van der Waals surface area contributed by atoms with Crippen molar-refractivity contribution in [3.63, 3.8) is 0 Å². The number of nitrogens with one attached hydrogen (secondary N) is 3. The van der Waals surface area contributed by atoms with E-state index in [1.54, 1.807) is 12.1 Å². The van der Waals surface area contributed by atoms with E-state index in [1.165, 1.54) is 18.3 Å². The molecule has 17 nitrogen and oxygen atoms in total. The third-order valence-corrected chi connectivity index (χ3v) is 4.36. The first-order valence-electron chi connectivity index (χ1n) is 10.0. The number of rotatable bonds is 9. The zero-order chi connectivity index (χ0) is 27.8. The molecule has 2 heterocycles. The van der Waals surface area contributed by atoms with E-state index in [4.69, 9.17) is 33.5 Å². The van der Waals surface area contributed by atoms with Gasteiger partial charge >= 0.3 is 22.3 Å². The normalized spacial score (nSPS) is 11.6. The van der Waals surface area contributed by atoms with Crippen LogP contribution in [-0.4, -0.2) is 71.6 Å². The average Bonchev–Trinajstić information content (AvgIpc) is 2.79. The number of carboxylic acid groups (broad SMARTS) is 2. The molecule has 0 spiro atoms. The molecule has 1 amide bonds. The highest BCUT2D eigenvalue weighted by atomic mass is 32.3. The second-order valence-corrected chi connectivity index (χ2v) is 8.06. The van der Waals surface area contributed by atoms with Gasteiger partial charge in [0.2, 0.25) is 5.95 Å². The number of benzene rings is 1. The summed E-state index contributed by atoms with van der Waals surface area (Å²) in [4.78, 5) is 60.6. The van der Waals surface area contributed by atoms with Crippen LogP contribution >= 0.6 is 0 Å². The molecule has 0 aliphatic rings. The fraction of sp³-hybridized carbons (Fsp3) is 0.211. The Labute approximate surface area is 207 Å². The molecule has 0 unspecified atom stereocenters. The fourth-order valence-corrected chi connectivity index (χ4v) is 2.75. The predicted octanol–water partition coefficient (Wildman–Crippen LogP) is -0.698. The van der Waals surface area contributed by atoms with Crippen molar-refractivity contribution >= 4 is 51.0 Å². The van der Waals surface area contributed by atoms with Crippen LogP contribution in [0.5, 0.6) is 0 Å². The summed E-state index contributed by atoms with van der Waals surface area (Å²) in [6.07, 6.45) is 0.840. The molecule has 0 fully saturated rings. The number of hydrogen-bond donors (Lipinski definition) is 8. The average molecular weight is 539 g/mol. The van der Waals surface area contributed by atoms with E-state index in [0.717, 1.165) is 0 Å². The molecule has 1 aromatic carbocycles. The van der Waals surface area contributed by atoms with Crippen molar-refractivity contribution in [2.75, 3.05) is 11.1 Å². The largest absolute Gasteiger partial charge is 0.481 e. The summed E-state index contributed by atoms with van der Waals surface area (Å²) >= 11 is 0. The van der Waals surface area contributed by atoms with Crippen LogP contribution in [0.3, 0.4) is 0 Å². The molecule has 18 heteroatoms. The highest BCUT2D eigenvalue weighted by Gasteiger charge is 2.21. The Morgan fingerprint density at radius 2 is 1.70 bits per heavy atom. The van der Waals surface area contributed by atoms with Gasteiger partial charge in [-0.3, -0.25) is 28.5 Å². The van der Waals surface area contributed by atoms with E-state index in [2.05, 4.69) is 30.6 Å². The van der Waals surface area contributed by atoms with Crippen LogP contribution in [0.4, 0.5) is 11.6 Å². The molecule has 2 aromatic heterocycles. The number of carbonyl (C=O) groups is 3. The highest BCUT2D eigenvalue weighted by molar-refractivity contribution is 7.79. The van der Waals surface area contributed by atoms with Gasteiger partial charge in [-0.15, -0.1) is 0 Å². The number of H-pyrrole nitrogens is 1. The predicted molar refractivity (Wildman–Crippen MR) is 126 cm³/mol. The maximum atomic E-state index is 12.3. The maximum absolute atomic E-state index is 12.3. The van der Waals surface area contributed by atoms with Gasteiger partial charge in [0.15, 0.2) is 11.2 Å². The first kappa shape index (κ1) is 28.6. The Kier molecular flexibility index (Phi) is 9.52. The van der Waals surface area contributed by atoms with Crippen molar-refractivity contribution in [1.29, 1.82) is 0 Å². The summed E-state index contributed by atoms with van der Waals surface area (Å²) in [5, 5.41) is 23.2. The number of aromatic amines is 1. The Bertz CT molecular complexity index is 1450. The van der Waals surface area contributed by atoms with Crippen LogP contribution in [0.1, 0.15) is 28.9 Å². The number of nitrogens with zero attached hydrogens (tertiary/aromatic N) is 3. The molecule has 37 heavy (non-hydrogen) atoms. The lowest BCUT2D eigenvalue weighted by Crippen LogP contribution is -2.41. The van der Waals surface area contributed by atoms with Gasteiger partial charge in [0.05, 0.1) is 18.4 Å². The molecule has 9 N–H and O–H groups in total. The molecular weight excluding hydrogens is 518 g/mol. The Morgan fingerprint density at radius 3 is 2.27 bits per heavy atom. The van der Waals surface area contributed by atoms with Crippen molar-refractivity contribution in [2.24, 2.45) is 0 Å². The van der Waals surface area contributed by atoms with Gasteiger partial charge in [-0.1, -0.05) is 0 Å². The van der Waals surface area contributed by atoms with Crippen molar-refractivity contribution in [3.8, 4) is 0 Å². The first-order valence-corrected chi connectivity index (χ1v) is 11.4. The molecule has 0 aliphatic heterocycles. The van der Waals surface area contributed by atoms with Gasteiger partial charge in [0.25, 0.3) is 11.5 Å². The lowest BCUT2D eigenvalue weighted by atomic mass is 10.1. The number of nitrogens with two attached hydrogens (primary N) is 1. The summed E-state index contributed by atoms with van der Waals surface area (Å²) in [5.74, 6) is -3.16. The lowest BCUT2D eigenvalue weighted by Gasteiger charge is -2.14. The number of aliphatic carboxylic acids is 2. The van der Waals surface area contributed by atoms with Gasteiger partial charge in [-0.05, 0) is 30.7 Å². The number of nitrogen functional groups attached to an aromatic ring is 1. The van der Waals surface area contributed by atoms with Gasteiger partial charge in [-0.25, -0.2) is 14.8 Å². The second kappa shape index (κ2) is 12.3. The number of carbonyl (C=O) groups excluding carboxylic acids is 1. The Balaban J connectivity index is 0.000000877. The molecule has 0 saturated carbocycles. The highest BCUT2D eigenvalue weighted by Crippen LogP contribution is 2.12. The number of carboxylic acids is 2. The molecule has 3 aromatic rings. The topological polar surface area (TPSA) is 288 Å².